The molecule has 0 spiro atoms. The molecule has 2 aromatic carbocycles. The molecule has 1 fully saturated rings. The van der Waals surface area contributed by atoms with Crippen molar-refractivity contribution in [3.8, 4) is 0 Å². The van der Waals surface area contributed by atoms with Gasteiger partial charge in [0.2, 0.25) is 0 Å². The third-order valence-electron chi connectivity index (χ3n) is 6.15. The SMILES string of the molecule is COCCCn1c(=S)[nH]c2cc(C(=O)NCc3cccc(CN4CCOC(C)C4)c3)ccc2c1=O. The van der Waals surface area contributed by atoms with Gasteiger partial charge in [0.15, 0.2) is 4.77 Å². The lowest BCUT2D eigenvalue weighted by Crippen LogP contribution is -2.40. The van der Waals surface area contributed by atoms with E-state index in [0.29, 0.717) is 47.4 Å². The molecule has 0 bridgehead atoms. The molecule has 3 aromatic rings. The maximum absolute atomic E-state index is 12.9. The molecule has 1 atom stereocenters. The summed E-state index contributed by atoms with van der Waals surface area (Å²) in [6.07, 6.45) is 0.938. The molecule has 1 unspecified atom stereocenters. The fourth-order valence-corrected chi connectivity index (χ4v) is 4.66. The number of methoxy groups -OCH3 is 1. The Balaban J connectivity index is 1.42. The van der Waals surface area contributed by atoms with E-state index in [1.807, 2.05) is 12.1 Å². The number of morpholine rings is 1. The van der Waals surface area contributed by atoms with Crippen LogP contribution in [0.5, 0.6) is 0 Å². The van der Waals surface area contributed by atoms with Gasteiger partial charge in [-0.25, -0.2) is 0 Å². The fraction of sp³-hybridized carbons (Fsp3) is 0.423. The molecule has 1 saturated heterocycles. The van der Waals surface area contributed by atoms with Crippen LogP contribution in [-0.4, -0.2) is 59.9 Å². The number of carbonyl (C=O) groups excluding carboxylic acids is 1. The van der Waals surface area contributed by atoms with Crippen LogP contribution in [0, 0.1) is 4.77 Å². The van der Waals surface area contributed by atoms with Gasteiger partial charge >= 0.3 is 0 Å². The average Bonchev–Trinajstić information content (AvgIpc) is 2.84. The number of carbonyl (C=O) groups is 1. The van der Waals surface area contributed by atoms with Gasteiger partial charge in [-0.05, 0) is 54.9 Å². The highest BCUT2D eigenvalue weighted by atomic mass is 32.1. The zero-order valence-electron chi connectivity index (χ0n) is 20.2. The highest BCUT2D eigenvalue weighted by Crippen LogP contribution is 2.14. The molecule has 8 nitrogen and oxygen atoms in total. The molecule has 4 rings (SSSR count). The number of amides is 1. The lowest BCUT2D eigenvalue weighted by molar-refractivity contribution is -0.0212. The molecule has 1 aromatic heterocycles. The molecule has 35 heavy (non-hydrogen) atoms. The Bertz CT molecular complexity index is 1300. The first-order valence-corrected chi connectivity index (χ1v) is 12.3. The summed E-state index contributed by atoms with van der Waals surface area (Å²) in [6.45, 7) is 7.01. The number of hydrogen-bond donors (Lipinski definition) is 2. The van der Waals surface area contributed by atoms with Gasteiger partial charge in [0.1, 0.15) is 0 Å². The van der Waals surface area contributed by atoms with Gasteiger partial charge < -0.3 is 19.8 Å². The highest BCUT2D eigenvalue weighted by Gasteiger charge is 2.17. The minimum absolute atomic E-state index is 0.168. The van der Waals surface area contributed by atoms with E-state index in [1.165, 1.54) is 10.1 Å². The molecular formula is C26H32N4O4S. The van der Waals surface area contributed by atoms with Crippen LogP contribution in [-0.2, 0) is 29.1 Å². The van der Waals surface area contributed by atoms with Gasteiger partial charge in [-0.2, -0.15) is 0 Å². The summed E-state index contributed by atoms with van der Waals surface area (Å²) in [7, 11) is 1.62. The highest BCUT2D eigenvalue weighted by molar-refractivity contribution is 7.71. The molecule has 0 aliphatic carbocycles. The lowest BCUT2D eigenvalue weighted by Gasteiger charge is -2.31. The molecule has 1 aliphatic heterocycles. The number of hydrogen-bond acceptors (Lipinski definition) is 6. The summed E-state index contributed by atoms with van der Waals surface area (Å²) in [4.78, 5) is 31.2. The Morgan fingerprint density at radius 2 is 2.09 bits per heavy atom. The summed E-state index contributed by atoms with van der Waals surface area (Å²) in [5, 5.41) is 3.48. The molecule has 1 amide bonds. The van der Waals surface area contributed by atoms with Crippen LogP contribution in [0.3, 0.4) is 0 Å². The summed E-state index contributed by atoms with van der Waals surface area (Å²) in [6, 6.07) is 13.3. The van der Waals surface area contributed by atoms with E-state index in [2.05, 4.69) is 34.3 Å². The van der Waals surface area contributed by atoms with Crippen LogP contribution in [0.15, 0.2) is 47.3 Å². The first kappa shape index (κ1) is 25.2. The van der Waals surface area contributed by atoms with Crippen LogP contribution >= 0.6 is 12.2 Å². The van der Waals surface area contributed by atoms with Gasteiger partial charge in [0, 0.05) is 52.0 Å². The second kappa shape index (κ2) is 11.7. The van der Waals surface area contributed by atoms with Crippen LogP contribution in [0.2, 0.25) is 0 Å². The Labute approximate surface area is 209 Å². The Morgan fingerprint density at radius 3 is 2.89 bits per heavy atom. The number of aromatic amines is 1. The Morgan fingerprint density at radius 1 is 1.26 bits per heavy atom. The predicted octanol–water partition coefficient (Wildman–Crippen LogP) is 3.25. The summed E-state index contributed by atoms with van der Waals surface area (Å²) < 4.78 is 12.5. The van der Waals surface area contributed by atoms with Gasteiger partial charge in [-0.15, -0.1) is 0 Å². The van der Waals surface area contributed by atoms with Gasteiger partial charge in [-0.3, -0.25) is 19.1 Å². The summed E-state index contributed by atoms with van der Waals surface area (Å²) in [5.41, 5.74) is 3.11. The standard InChI is InChI=1S/C26H32N4O4S/c1-18-16-29(10-12-34-18)17-20-6-3-5-19(13-20)15-27-24(31)21-7-8-22-23(14-21)28-26(35)30(25(22)32)9-4-11-33-2/h3,5-8,13-14,18H,4,9-12,15-17H2,1-2H3,(H,27,31)(H,28,35). The van der Waals surface area contributed by atoms with E-state index < -0.39 is 0 Å². The van der Waals surface area contributed by atoms with E-state index in [1.54, 1.807) is 25.3 Å². The van der Waals surface area contributed by atoms with Crippen molar-refractivity contribution in [2.24, 2.45) is 0 Å². The van der Waals surface area contributed by atoms with Gasteiger partial charge in [-0.1, -0.05) is 24.3 Å². The third-order valence-corrected chi connectivity index (χ3v) is 6.47. The number of benzene rings is 2. The first-order chi connectivity index (χ1) is 16.9. The minimum Gasteiger partial charge on any atom is -0.385 e. The number of nitrogens with zero attached hydrogens (tertiary/aromatic N) is 2. The predicted molar refractivity (Wildman–Crippen MR) is 138 cm³/mol. The van der Waals surface area contributed by atoms with Crippen molar-refractivity contribution in [2.75, 3.05) is 33.4 Å². The monoisotopic (exact) mass is 496 g/mol. The van der Waals surface area contributed by atoms with E-state index in [9.17, 15) is 9.59 Å². The van der Waals surface area contributed by atoms with E-state index in [0.717, 1.165) is 31.8 Å². The second-order valence-corrected chi connectivity index (χ2v) is 9.30. The largest absolute Gasteiger partial charge is 0.385 e. The molecule has 2 N–H and O–H groups in total. The minimum atomic E-state index is -0.206. The van der Waals surface area contributed by atoms with E-state index >= 15 is 0 Å². The van der Waals surface area contributed by atoms with Crippen LogP contribution in [0.1, 0.15) is 34.8 Å². The number of rotatable bonds is 9. The zero-order valence-corrected chi connectivity index (χ0v) is 21.0. The van der Waals surface area contributed by atoms with Gasteiger partial charge in [0.25, 0.3) is 11.5 Å². The van der Waals surface area contributed by atoms with E-state index in [-0.39, 0.29) is 17.6 Å². The average molecular weight is 497 g/mol. The maximum Gasteiger partial charge on any atom is 0.262 e. The number of H-pyrrole nitrogens is 1. The molecule has 0 saturated carbocycles. The topological polar surface area (TPSA) is 88.6 Å². The van der Waals surface area contributed by atoms with Crippen molar-refractivity contribution in [2.45, 2.75) is 39.1 Å². The van der Waals surface area contributed by atoms with Crippen molar-refractivity contribution in [3.63, 3.8) is 0 Å². The number of nitrogens with one attached hydrogen (secondary N) is 2. The number of aromatic nitrogens is 2. The number of fused-ring (bicyclic) bond motifs is 1. The molecule has 186 valence electrons. The summed E-state index contributed by atoms with van der Waals surface area (Å²) >= 11 is 5.37. The van der Waals surface area contributed by atoms with Crippen molar-refractivity contribution in [3.05, 3.63) is 74.3 Å². The Hall–Kier alpha value is -2.85. The molecule has 1 aliphatic rings. The van der Waals surface area contributed by atoms with Crippen molar-refractivity contribution >= 4 is 29.0 Å². The molecule has 9 heteroatoms. The fourth-order valence-electron chi connectivity index (χ4n) is 4.38. The first-order valence-electron chi connectivity index (χ1n) is 11.9. The summed E-state index contributed by atoms with van der Waals surface area (Å²) in [5.74, 6) is -0.206. The van der Waals surface area contributed by atoms with Crippen LogP contribution in [0.25, 0.3) is 10.9 Å². The Kier molecular flexibility index (Phi) is 8.46. The van der Waals surface area contributed by atoms with Crippen LogP contribution < -0.4 is 10.9 Å². The zero-order chi connectivity index (χ0) is 24.8. The molecule has 2 heterocycles. The van der Waals surface area contributed by atoms with E-state index in [4.69, 9.17) is 21.7 Å². The van der Waals surface area contributed by atoms with Crippen molar-refractivity contribution in [1.82, 2.24) is 19.8 Å². The number of ether oxygens (including phenoxy) is 2. The quantitative estimate of drug-likeness (QED) is 0.349. The van der Waals surface area contributed by atoms with Crippen LogP contribution in [0.4, 0.5) is 0 Å². The third kappa shape index (κ3) is 6.43. The smallest absolute Gasteiger partial charge is 0.262 e. The van der Waals surface area contributed by atoms with Crippen molar-refractivity contribution in [1.29, 1.82) is 0 Å². The molecule has 0 radical (unpaired) electrons. The second-order valence-electron chi connectivity index (χ2n) is 8.91. The lowest BCUT2D eigenvalue weighted by atomic mass is 10.1. The van der Waals surface area contributed by atoms with Gasteiger partial charge in [0.05, 0.1) is 23.6 Å². The maximum atomic E-state index is 12.9. The molecular weight excluding hydrogens is 464 g/mol. The normalized spacial score (nSPS) is 16.5. The van der Waals surface area contributed by atoms with Crippen molar-refractivity contribution < 1.29 is 14.3 Å².